The highest BCUT2D eigenvalue weighted by molar-refractivity contribution is 4.85. The molecular formula is C10H23NO. The second kappa shape index (κ2) is 6.44. The van der Waals surface area contributed by atoms with Gasteiger partial charge in [-0.25, -0.2) is 0 Å². The van der Waals surface area contributed by atoms with E-state index in [2.05, 4.69) is 26.1 Å². The van der Waals surface area contributed by atoms with Crippen molar-refractivity contribution in [1.82, 2.24) is 5.32 Å². The summed E-state index contributed by atoms with van der Waals surface area (Å²) in [6, 6.07) is 0. The molecule has 2 nitrogen and oxygen atoms in total. The second-order valence-electron chi connectivity index (χ2n) is 3.47. The van der Waals surface area contributed by atoms with Crippen molar-refractivity contribution in [3.8, 4) is 0 Å². The summed E-state index contributed by atoms with van der Waals surface area (Å²) in [7, 11) is 0. The van der Waals surface area contributed by atoms with Crippen molar-refractivity contribution in [3.05, 3.63) is 0 Å². The molecule has 0 aromatic carbocycles. The van der Waals surface area contributed by atoms with E-state index in [0.717, 1.165) is 32.2 Å². The summed E-state index contributed by atoms with van der Waals surface area (Å²) in [6.07, 6.45) is 4.41. The van der Waals surface area contributed by atoms with E-state index in [1.807, 2.05) is 0 Å². The molecule has 0 amide bonds. The van der Waals surface area contributed by atoms with Crippen LogP contribution in [0, 0.1) is 0 Å². The third-order valence-electron chi connectivity index (χ3n) is 2.31. The van der Waals surface area contributed by atoms with Gasteiger partial charge in [0.05, 0.1) is 6.61 Å². The van der Waals surface area contributed by atoms with E-state index in [1.165, 1.54) is 0 Å². The highest BCUT2D eigenvalue weighted by Gasteiger charge is 2.25. The van der Waals surface area contributed by atoms with E-state index in [9.17, 15) is 5.11 Å². The topological polar surface area (TPSA) is 32.3 Å². The summed E-state index contributed by atoms with van der Waals surface area (Å²) in [5, 5.41) is 12.7. The number of aliphatic hydroxyl groups is 1. The largest absolute Gasteiger partial charge is 0.394 e. The Bertz CT molecular complexity index is 87.0. The van der Waals surface area contributed by atoms with Crippen molar-refractivity contribution in [3.63, 3.8) is 0 Å². The van der Waals surface area contributed by atoms with Crippen molar-refractivity contribution >= 4 is 0 Å². The third kappa shape index (κ3) is 3.55. The molecule has 0 radical (unpaired) electrons. The molecule has 0 atom stereocenters. The molecule has 0 saturated carbocycles. The van der Waals surface area contributed by atoms with Gasteiger partial charge in [0.15, 0.2) is 0 Å². The maximum absolute atomic E-state index is 9.31. The second-order valence-corrected chi connectivity index (χ2v) is 3.47. The Morgan fingerprint density at radius 2 is 1.58 bits per heavy atom. The predicted molar refractivity (Wildman–Crippen MR) is 53.3 cm³/mol. The summed E-state index contributed by atoms with van der Waals surface area (Å²) in [6.45, 7) is 7.63. The summed E-state index contributed by atoms with van der Waals surface area (Å²) in [4.78, 5) is 0. The van der Waals surface area contributed by atoms with Crippen LogP contribution in [0.1, 0.15) is 46.5 Å². The molecule has 0 saturated heterocycles. The Kier molecular flexibility index (Phi) is 6.39. The number of rotatable bonds is 7. The van der Waals surface area contributed by atoms with Gasteiger partial charge in [-0.05, 0) is 19.4 Å². The SMILES string of the molecule is CCCC(CO)(CCC)NCC. The van der Waals surface area contributed by atoms with Crippen LogP contribution in [0.25, 0.3) is 0 Å². The molecule has 0 unspecified atom stereocenters. The first-order valence-electron chi connectivity index (χ1n) is 5.10. The molecule has 0 aromatic heterocycles. The molecule has 0 fully saturated rings. The molecule has 0 rings (SSSR count). The molecule has 0 aliphatic carbocycles. The fourth-order valence-electron chi connectivity index (χ4n) is 1.85. The number of nitrogens with one attached hydrogen (secondary N) is 1. The first-order valence-corrected chi connectivity index (χ1v) is 5.10. The molecular weight excluding hydrogens is 150 g/mol. The molecule has 2 heteroatoms. The van der Waals surface area contributed by atoms with Gasteiger partial charge < -0.3 is 10.4 Å². The standard InChI is InChI=1S/C10H23NO/c1-4-7-10(9-12,8-5-2)11-6-3/h11-12H,4-9H2,1-3H3. The van der Waals surface area contributed by atoms with Crippen LogP contribution in [0.5, 0.6) is 0 Å². The minimum atomic E-state index is -0.00174. The van der Waals surface area contributed by atoms with Gasteiger partial charge in [0.25, 0.3) is 0 Å². The van der Waals surface area contributed by atoms with Gasteiger partial charge in [0, 0.05) is 5.54 Å². The first kappa shape index (κ1) is 11.9. The van der Waals surface area contributed by atoms with Gasteiger partial charge in [-0.1, -0.05) is 33.6 Å². The van der Waals surface area contributed by atoms with Gasteiger partial charge in [0.1, 0.15) is 0 Å². The zero-order valence-corrected chi connectivity index (χ0v) is 8.69. The van der Waals surface area contributed by atoms with Crippen molar-refractivity contribution in [2.24, 2.45) is 0 Å². The van der Waals surface area contributed by atoms with Crippen molar-refractivity contribution in [2.45, 2.75) is 52.0 Å². The minimum Gasteiger partial charge on any atom is -0.394 e. The van der Waals surface area contributed by atoms with Gasteiger partial charge in [-0.15, -0.1) is 0 Å². The number of hydrogen-bond donors (Lipinski definition) is 2. The molecule has 74 valence electrons. The zero-order valence-electron chi connectivity index (χ0n) is 8.69. The van der Waals surface area contributed by atoms with Gasteiger partial charge in [-0.3, -0.25) is 0 Å². The smallest absolute Gasteiger partial charge is 0.0613 e. The van der Waals surface area contributed by atoms with Crippen LogP contribution in [0.4, 0.5) is 0 Å². The number of hydrogen-bond acceptors (Lipinski definition) is 2. The van der Waals surface area contributed by atoms with Crippen molar-refractivity contribution in [2.75, 3.05) is 13.2 Å². The lowest BCUT2D eigenvalue weighted by atomic mass is 9.89. The lowest BCUT2D eigenvalue weighted by molar-refractivity contribution is 0.142. The highest BCUT2D eigenvalue weighted by atomic mass is 16.3. The summed E-state index contributed by atoms with van der Waals surface area (Å²) in [5.74, 6) is 0. The quantitative estimate of drug-likeness (QED) is 0.616. The molecule has 0 heterocycles. The molecule has 0 aromatic rings. The van der Waals surface area contributed by atoms with Crippen LogP contribution in [0.2, 0.25) is 0 Å². The zero-order chi connectivity index (χ0) is 9.45. The van der Waals surface area contributed by atoms with Crippen LogP contribution < -0.4 is 5.32 Å². The molecule has 0 aliphatic heterocycles. The van der Waals surface area contributed by atoms with Gasteiger partial charge in [-0.2, -0.15) is 0 Å². The lowest BCUT2D eigenvalue weighted by Crippen LogP contribution is -2.48. The Morgan fingerprint density at radius 3 is 1.83 bits per heavy atom. The van der Waals surface area contributed by atoms with E-state index in [0.29, 0.717) is 0 Å². The van der Waals surface area contributed by atoms with E-state index >= 15 is 0 Å². The number of aliphatic hydroxyl groups excluding tert-OH is 1. The molecule has 12 heavy (non-hydrogen) atoms. The first-order chi connectivity index (χ1) is 5.74. The van der Waals surface area contributed by atoms with Crippen LogP contribution in [-0.2, 0) is 0 Å². The van der Waals surface area contributed by atoms with Crippen LogP contribution >= 0.6 is 0 Å². The summed E-state index contributed by atoms with van der Waals surface area (Å²) in [5.41, 5.74) is -0.00174. The van der Waals surface area contributed by atoms with Gasteiger partial charge >= 0.3 is 0 Å². The Balaban J connectivity index is 4.06. The number of likely N-dealkylation sites (N-methyl/N-ethyl adjacent to an activating group) is 1. The average molecular weight is 173 g/mol. The van der Waals surface area contributed by atoms with Gasteiger partial charge in [0.2, 0.25) is 0 Å². The molecule has 2 N–H and O–H groups in total. The Hall–Kier alpha value is -0.0800. The monoisotopic (exact) mass is 173 g/mol. The maximum atomic E-state index is 9.31. The van der Waals surface area contributed by atoms with Crippen molar-refractivity contribution < 1.29 is 5.11 Å². The van der Waals surface area contributed by atoms with Crippen molar-refractivity contribution in [1.29, 1.82) is 0 Å². The van der Waals surface area contributed by atoms with Crippen LogP contribution in [0.3, 0.4) is 0 Å². The lowest BCUT2D eigenvalue weighted by Gasteiger charge is -2.32. The summed E-state index contributed by atoms with van der Waals surface area (Å²) < 4.78 is 0. The molecule has 0 bridgehead atoms. The van der Waals surface area contributed by atoms with E-state index in [1.54, 1.807) is 0 Å². The van der Waals surface area contributed by atoms with E-state index in [4.69, 9.17) is 0 Å². The fraction of sp³-hybridized carbons (Fsp3) is 1.00. The molecule has 0 spiro atoms. The fourth-order valence-corrected chi connectivity index (χ4v) is 1.85. The highest BCUT2D eigenvalue weighted by Crippen LogP contribution is 2.18. The predicted octanol–water partition coefficient (Wildman–Crippen LogP) is 1.93. The normalized spacial score (nSPS) is 12.0. The van der Waals surface area contributed by atoms with E-state index in [-0.39, 0.29) is 12.1 Å². The molecule has 0 aliphatic rings. The maximum Gasteiger partial charge on any atom is 0.0613 e. The Labute approximate surface area is 76.4 Å². The van der Waals surface area contributed by atoms with Crippen LogP contribution in [-0.4, -0.2) is 23.8 Å². The third-order valence-corrected chi connectivity index (χ3v) is 2.31. The van der Waals surface area contributed by atoms with E-state index < -0.39 is 0 Å². The van der Waals surface area contributed by atoms with Crippen LogP contribution in [0.15, 0.2) is 0 Å². The average Bonchev–Trinajstić information content (AvgIpc) is 2.06. The summed E-state index contributed by atoms with van der Waals surface area (Å²) >= 11 is 0. The Morgan fingerprint density at radius 1 is 1.08 bits per heavy atom. The minimum absolute atomic E-state index is 0.00174.